The smallest absolute Gasteiger partial charge is 0.319 e. The predicted molar refractivity (Wildman–Crippen MR) is 61.1 cm³/mol. The molecule has 8 heteroatoms. The second kappa shape index (κ2) is 4.71. The van der Waals surface area contributed by atoms with Gasteiger partial charge in [-0.05, 0) is 5.92 Å². The van der Waals surface area contributed by atoms with Crippen molar-refractivity contribution in [3.63, 3.8) is 0 Å². The molecule has 0 aliphatic carbocycles. The van der Waals surface area contributed by atoms with Crippen molar-refractivity contribution in [2.45, 2.75) is 32.9 Å². The van der Waals surface area contributed by atoms with Gasteiger partial charge in [-0.3, -0.25) is 4.57 Å². The Morgan fingerprint density at radius 1 is 1.39 bits per heavy atom. The molecule has 2 N–H and O–H groups in total. The Labute approximate surface area is 102 Å². The normalized spacial score (nSPS) is 11.7. The van der Waals surface area contributed by atoms with E-state index >= 15 is 0 Å². The van der Waals surface area contributed by atoms with Crippen molar-refractivity contribution in [1.29, 1.82) is 0 Å². The maximum atomic E-state index is 12.7. The first-order valence-electron chi connectivity index (χ1n) is 5.49. The number of aromatic nitrogens is 5. The van der Waals surface area contributed by atoms with Crippen LogP contribution in [0, 0.1) is 0 Å². The van der Waals surface area contributed by atoms with Gasteiger partial charge in [0.2, 0.25) is 0 Å². The lowest BCUT2D eigenvalue weighted by atomic mass is 10.1. The summed E-state index contributed by atoms with van der Waals surface area (Å²) in [6.07, 6.45) is 2.56. The summed E-state index contributed by atoms with van der Waals surface area (Å²) >= 11 is 0. The molecule has 0 aliphatic heterocycles. The minimum Gasteiger partial charge on any atom is -0.381 e. The molecular weight excluding hydrogens is 242 g/mol. The summed E-state index contributed by atoms with van der Waals surface area (Å²) in [7, 11) is 0. The third-order valence-corrected chi connectivity index (χ3v) is 2.60. The molecule has 6 nitrogen and oxygen atoms in total. The number of alkyl halides is 2. The molecule has 2 aromatic heterocycles. The first-order valence-corrected chi connectivity index (χ1v) is 5.49. The van der Waals surface area contributed by atoms with E-state index in [2.05, 4.69) is 15.3 Å². The van der Waals surface area contributed by atoms with Crippen molar-refractivity contribution in [3.05, 3.63) is 23.9 Å². The van der Waals surface area contributed by atoms with Crippen LogP contribution in [0.3, 0.4) is 0 Å². The quantitative estimate of drug-likeness (QED) is 0.902. The van der Waals surface area contributed by atoms with Gasteiger partial charge in [0, 0.05) is 12.4 Å². The zero-order valence-electron chi connectivity index (χ0n) is 10.1. The number of halogens is 2. The van der Waals surface area contributed by atoms with Crippen LogP contribution in [0.15, 0.2) is 12.4 Å². The summed E-state index contributed by atoms with van der Waals surface area (Å²) in [6.45, 7) is 1.37. The lowest BCUT2D eigenvalue weighted by Crippen LogP contribution is -2.13. The van der Waals surface area contributed by atoms with Crippen LogP contribution in [0.4, 0.5) is 14.6 Å². The Bertz CT molecular complexity index is 530. The Hall–Kier alpha value is -1.99. The van der Waals surface area contributed by atoms with Gasteiger partial charge in [-0.1, -0.05) is 19.1 Å². The molecule has 0 bridgehead atoms. The Morgan fingerprint density at radius 2 is 2.11 bits per heavy atom. The van der Waals surface area contributed by atoms with Gasteiger partial charge in [-0.2, -0.15) is 8.78 Å². The van der Waals surface area contributed by atoms with Crippen LogP contribution in [0.1, 0.15) is 37.8 Å². The van der Waals surface area contributed by atoms with Crippen LogP contribution in [-0.2, 0) is 6.54 Å². The van der Waals surface area contributed by atoms with Crippen molar-refractivity contribution in [2.24, 2.45) is 0 Å². The van der Waals surface area contributed by atoms with E-state index in [0.29, 0.717) is 5.82 Å². The van der Waals surface area contributed by atoms with Crippen LogP contribution in [-0.4, -0.2) is 24.5 Å². The third kappa shape index (κ3) is 2.18. The van der Waals surface area contributed by atoms with Gasteiger partial charge in [-0.15, -0.1) is 5.10 Å². The molecule has 0 atom stereocenters. The van der Waals surface area contributed by atoms with E-state index in [0.717, 1.165) is 10.3 Å². The van der Waals surface area contributed by atoms with Crippen LogP contribution in [0.25, 0.3) is 0 Å². The van der Waals surface area contributed by atoms with Gasteiger partial charge in [0.05, 0.1) is 5.69 Å². The summed E-state index contributed by atoms with van der Waals surface area (Å²) in [5, 5.41) is 7.61. The second-order valence-electron chi connectivity index (χ2n) is 4.20. The molecule has 98 valence electrons. The highest BCUT2D eigenvalue weighted by atomic mass is 19.3. The molecule has 2 heterocycles. The van der Waals surface area contributed by atoms with Crippen molar-refractivity contribution < 1.29 is 8.78 Å². The number of hydrogen-bond donors (Lipinski definition) is 1. The second-order valence-corrected chi connectivity index (χ2v) is 4.20. The van der Waals surface area contributed by atoms with Crippen molar-refractivity contribution >= 4 is 5.82 Å². The average molecular weight is 256 g/mol. The van der Waals surface area contributed by atoms with E-state index in [1.165, 1.54) is 17.1 Å². The zero-order chi connectivity index (χ0) is 13.3. The molecule has 0 aliphatic rings. The van der Waals surface area contributed by atoms with Crippen LogP contribution in [0.5, 0.6) is 0 Å². The van der Waals surface area contributed by atoms with Crippen LogP contribution >= 0.6 is 0 Å². The van der Waals surface area contributed by atoms with Crippen molar-refractivity contribution in [3.8, 4) is 0 Å². The standard InChI is InChI=1S/C10H14F2N6/c1-6(2)8-9(13)15-16-18(8)5-7-14-3-4-17(7)10(11)12/h3-4,6,10H,5,13H2,1-2H3. The average Bonchev–Trinajstić information content (AvgIpc) is 2.86. The minimum absolute atomic E-state index is 0.106. The van der Waals surface area contributed by atoms with E-state index in [1.54, 1.807) is 0 Å². The fourth-order valence-corrected chi connectivity index (χ4v) is 1.82. The number of nitrogens with zero attached hydrogens (tertiary/aromatic N) is 5. The highest BCUT2D eigenvalue weighted by Gasteiger charge is 2.17. The molecule has 0 saturated carbocycles. The topological polar surface area (TPSA) is 74.6 Å². The SMILES string of the molecule is CC(C)c1c(N)nnn1Cc1nccn1C(F)F. The maximum absolute atomic E-state index is 12.7. The van der Waals surface area contributed by atoms with Gasteiger partial charge in [0.1, 0.15) is 12.4 Å². The van der Waals surface area contributed by atoms with E-state index in [4.69, 9.17) is 5.73 Å². The van der Waals surface area contributed by atoms with E-state index in [1.807, 2.05) is 13.8 Å². The summed E-state index contributed by atoms with van der Waals surface area (Å²) < 4.78 is 27.7. The summed E-state index contributed by atoms with van der Waals surface area (Å²) in [5.41, 5.74) is 6.42. The Morgan fingerprint density at radius 3 is 2.72 bits per heavy atom. The molecule has 0 unspecified atom stereocenters. The monoisotopic (exact) mass is 256 g/mol. The van der Waals surface area contributed by atoms with Crippen molar-refractivity contribution in [1.82, 2.24) is 24.5 Å². The van der Waals surface area contributed by atoms with E-state index < -0.39 is 6.55 Å². The fraction of sp³-hybridized carbons (Fsp3) is 0.500. The third-order valence-electron chi connectivity index (χ3n) is 2.60. The van der Waals surface area contributed by atoms with Crippen LogP contribution < -0.4 is 5.73 Å². The number of anilines is 1. The number of hydrogen-bond acceptors (Lipinski definition) is 4. The van der Waals surface area contributed by atoms with Crippen LogP contribution in [0.2, 0.25) is 0 Å². The molecule has 0 spiro atoms. The van der Waals surface area contributed by atoms with Gasteiger partial charge in [-0.25, -0.2) is 9.67 Å². The van der Waals surface area contributed by atoms with Gasteiger partial charge in [0.25, 0.3) is 0 Å². The van der Waals surface area contributed by atoms with Crippen molar-refractivity contribution in [2.75, 3.05) is 5.73 Å². The highest BCUT2D eigenvalue weighted by Crippen LogP contribution is 2.20. The number of rotatable bonds is 4. The predicted octanol–water partition coefficient (Wildman–Crippen LogP) is 1.62. The van der Waals surface area contributed by atoms with Gasteiger partial charge < -0.3 is 5.73 Å². The maximum Gasteiger partial charge on any atom is 0.319 e. The van der Waals surface area contributed by atoms with E-state index in [-0.39, 0.29) is 18.3 Å². The zero-order valence-corrected chi connectivity index (χ0v) is 10.1. The minimum atomic E-state index is -2.62. The molecule has 0 radical (unpaired) electrons. The Kier molecular flexibility index (Phi) is 3.26. The summed E-state index contributed by atoms with van der Waals surface area (Å²) in [6, 6.07) is 0. The molecular formula is C10H14F2N6. The highest BCUT2D eigenvalue weighted by molar-refractivity contribution is 5.35. The summed E-state index contributed by atoms with van der Waals surface area (Å²) in [5.74, 6) is 0.645. The summed E-state index contributed by atoms with van der Waals surface area (Å²) in [4.78, 5) is 3.90. The number of nitrogen functional groups attached to an aromatic ring is 1. The first kappa shape index (κ1) is 12.5. The molecule has 18 heavy (non-hydrogen) atoms. The molecule has 2 rings (SSSR count). The first-order chi connectivity index (χ1) is 8.50. The fourth-order valence-electron chi connectivity index (χ4n) is 1.82. The van der Waals surface area contributed by atoms with E-state index in [9.17, 15) is 8.78 Å². The number of imidazole rings is 1. The molecule has 0 amide bonds. The lowest BCUT2D eigenvalue weighted by Gasteiger charge is -2.10. The van der Waals surface area contributed by atoms with Gasteiger partial charge in [0.15, 0.2) is 5.82 Å². The largest absolute Gasteiger partial charge is 0.381 e. The van der Waals surface area contributed by atoms with Gasteiger partial charge >= 0.3 is 6.55 Å². The Balaban J connectivity index is 2.32. The number of nitrogens with two attached hydrogens (primary N) is 1. The lowest BCUT2D eigenvalue weighted by molar-refractivity contribution is 0.0665. The molecule has 2 aromatic rings. The molecule has 0 saturated heterocycles. The molecule has 0 fully saturated rings. The molecule has 0 aromatic carbocycles.